The van der Waals surface area contributed by atoms with Crippen molar-refractivity contribution in [3.63, 3.8) is 0 Å². The normalized spacial score (nSPS) is 15.6. The molecule has 4 heteroatoms. The second kappa shape index (κ2) is 6.60. The third kappa shape index (κ3) is 2.79. The number of benzene rings is 1. The smallest absolute Gasteiger partial charge is 0.270 e. The summed E-state index contributed by atoms with van der Waals surface area (Å²) in [5.74, 6) is 0.654. The van der Waals surface area contributed by atoms with Crippen LogP contribution >= 0.6 is 0 Å². The molecule has 1 fully saturated rings. The Kier molecular flexibility index (Phi) is 4.27. The number of amides is 1. The fourth-order valence-corrected chi connectivity index (χ4v) is 4.22. The number of aromatic nitrogens is 2. The van der Waals surface area contributed by atoms with Crippen LogP contribution in [0.1, 0.15) is 51.5 Å². The van der Waals surface area contributed by atoms with E-state index in [1.807, 2.05) is 17.3 Å². The maximum atomic E-state index is 13.1. The highest BCUT2D eigenvalue weighted by molar-refractivity contribution is 6.02. The number of likely N-dealkylation sites (tertiary alicyclic amines) is 1. The van der Waals surface area contributed by atoms with Crippen molar-refractivity contribution in [2.75, 3.05) is 13.1 Å². The third-order valence-corrected chi connectivity index (χ3v) is 5.80. The lowest BCUT2D eigenvalue weighted by molar-refractivity contribution is 0.0707. The van der Waals surface area contributed by atoms with Crippen LogP contribution < -0.4 is 0 Å². The van der Waals surface area contributed by atoms with E-state index >= 15 is 0 Å². The van der Waals surface area contributed by atoms with E-state index in [0.717, 1.165) is 42.7 Å². The van der Waals surface area contributed by atoms with Gasteiger partial charge in [-0.3, -0.25) is 9.78 Å². The molecular formula is C22H25N3O. The van der Waals surface area contributed by atoms with Crippen molar-refractivity contribution in [2.24, 2.45) is 0 Å². The van der Waals surface area contributed by atoms with E-state index in [2.05, 4.69) is 55.0 Å². The summed E-state index contributed by atoms with van der Waals surface area (Å²) < 4.78 is 0. The number of H-pyrrole nitrogens is 1. The standard InChI is InChI=1S/C22H25N3O/c1-14-4-5-15(2)20-19(14)16(3)21(24-20)22(26)25-12-8-18(9-13-25)17-6-10-23-11-7-17/h4-7,10-11,18,24H,8-9,12-13H2,1-3H3. The minimum absolute atomic E-state index is 0.130. The van der Waals surface area contributed by atoms with E-state index in [9.17, 15) is 4.79 Å². The highest BCUT2D eigenvalue weighted by Gasteiger charge is 2.27. The molecule has 1 N–H and O–H groups in total. The van der Waals surface area contributed by atoms with Gasteiger partial charge in [-0.15, -0.1) is 0 Å². The molecule has 0 aliphatic carbocycles. The minimum atomic E-state index is 0.130. The van der Waals surface area contributed by atoms with Crippen LogP contribution in [0.2, 0.25) is 0 Å². The van der Waals surface area contributed by atoms with Gasteiger partial charge in [0, 0.05) is 36.4 Å². The number of rotatable bonds is 2. The van der Waals surface area contributed by atoms with Crippen molar-refractivity contribution in [3.8, 4) is 0 Å². The topological polar surface area (TPSA) is 49.0 Å². The van der Waals surface area contributed by atoms with Gasteiger partial charge in [-0.1, -0.05) is 12.1 Å². The zero-order valence-electron chi connectivity index (χ0n) is 15.7. The number of carbonyl (C=O) groups excluding carboxylic acids is 1. The molecule has 1 saturated heterocycles. The van der Waals surface area contributed by atoms with Crippen LogP contribution in [0.25, 0.3) is 10.9 Å². The fraction of sp³-hybridized carbons (Fsp3) is 0.364. The predicted octanol–water partition coefficient (Wildman–Crippen LogP) is 4.51. The lowest BCUT2D eigenvalue weighted by Crippen LogP contribution is -2.38. The van der Waals surface area contributed by atoms with Crippen molar-refractivity contribution in [3.05, 3.63) is 64.6 Å². The van der Waals surface area contributed by atoms with Gasteiger partial charge in [0.25, 0.3) is 5.91 Å². The second-order valence-corrected chi connectivity index (χ2v) is 7.42. The largest absolute Gasteiger partial charge is 0.350 e. The Morgan fingerprint density at radius 2 is 1.69 bits per heavy atom. The zero-order valence-corrected chi connectivity index (χ0v) is 15.7. The van der Waals surface area contributed by atoms with Crippen LogP contribution in [0.15, 0.2) is 36.7 Å². The van der Waals surface area contributed by atoms with Gasteiger partial charge >= 0.3 is 0 Å². The lowest BCUT2D eigenvalue weighted by atomic mass is 9.90. The number of nitrogens with zero attached hydrogens (tertiary/aromatic N) is 2. The number of carbonyl (C=O) groups is 1. The Balaban J connectivity index is 1.56. The molecule has 0 unspecified atom stereocenters. The Hall–Kier alpha value is -2.62. The maximum Gasteiger partial charge on any atom is 0.270 e. The van der Waals surface area contributed by atoms with Crippen LogP contribution in [-0.4, -0.2) is 33.9 Å². The number of pyridine rings is 1. The molecule has 0 atom stereocenters. The number of hydrogen-bond donors (Lipinski definition) is 1. The molecule has 1 aliphatic rings. The summed E-state index contributed by atoms with van der Waals surface area (Å²) in [6.45, 7) is 7.86. The zero-order chi connectivity index (χ0) is 18.3. The monoisotopic (exact) mass is 347 g/mol. The lowest BCUT2D eigenvalue weighted by Gasteiger charge is -2.32. The van der Waals surface area contributed by atoms with E-state index in [0.29, 0.717) is 5.92 Å². The molecule has 3 aromatic rings. The van der Waals surface area contributed by atoms with Crippen molar-refractivity contribution in [1.29, 1.82) is 0 Å². The number of fused-ring (bicyclic) bond motifs is 1. The SMILES string of the molecule is Cc1ccc(C)c2c(C)c(C(=O)N3CCC(c4ccncc4)CC3)[nH]c12. The van der Waals surface area contributed by atoms with Crippen LogP contribution in [-0.2, 0) is 0 Å². The first-order valence-electron chi connectivity index (χ1n) is 9.34. The van der Waals surface area contributed by atoms with Gasteiger partial charge < -0.3 is 9.88 Å². The first-order chi connectivity index (χ1) is 12.6. The van der Waals surface area contributed by atoms with Crippen molar-refractivity contribution >= 4 is 16.8 Å². The van der Waals surface area contributed by atoms with Crippen LogP contribution in [0.3, 0.4) is 0 Å². The summed E-state index contributed by atoms with van der Waals surface area (Å²) in [6.07, 6.45) is 5.72. The number of aromatic amines is 1. The molecule has 1 amide bonds. The summed E-state index contributed by atoms with van der Waals surface area (Å²) in [6, 6.07) is 8.43. The average molecular weight is 347 g/mol. The molecule has 26 heavy (non-hydrogen) atoms. The molecule has 0 bridgehead atoms. The molecule has 2 aromatic heterocycles. The number of hydrogen-bond acceptors (Lipinski definition) is 2. The summed E-state index contributed by atoms with van der Waals surface area (Å²) in [7, 11) is 0. The molecule has 1 aliphatic heterocycles. The van der Waals surface area contributed by atoms with Crippen LogP contribution in [0.4, 0.5) is 0 Å². The van der Waals surface area contributed by atoms with Gasteiger partial charge in [-0.05, 0) is 73.9 Å². The van der Waals surface area contributed by atoms with E-state index < -0.39 is 0 Å². The molecular weight excluding hydrogens is 322 g/mol. The average Bonchev–Trinajstić information content (AvgIpc) is 3.04. The van der Waals surface area contributed by atoms with E-state index in [1.165, 1.54) is 22.1 Å². The Labute approximate surface area is 154 Å². The van der Waals surface area contributed by atoms with Gasteiger partial charge in [0.2, 0.25) is 0 Å². The first kappa shape index (κ1) is 16.8. The number of nitrogens with one attached hydrogen (secondary N) is 1. The minimum Gasteiger partial charge on any atom is -0.350 e. The van der Waals surface area contributed by atoms with E-state index in [-0.39, 0.29) is 5.91 Å². The first-order valence-corrected chi connectivity index (χ1v) is 9.34. The molecule has 4 rings (SSSR count). The van der Waals surface area contributed by atoms with Gasteiger partial charge in [0.1, 0.15) is 5.69 Å². The number of piperidine rings is 1. The van der Waals surface area contributed by atoms with Crippen molar-refractivity contribution < 1.29 is 4.79 Å². The van der Waals surface area contributed by atoms with Gasteiger partial charge in [0.15, 0.2) is 0 Å². The third-order valence-electron chi connectivity index (χ3n) is 5.80. The Morgan fingerprint density at radius 1 is 1.04 bits per heavy atom. The van der Waals surface area contributed by atoms with Crippen LogP contribution in [0, 0.1) is 20.8 Å². The van der Waals surface area contributed by atoms with E-state index in [1.54, 1.807) is 0 Å². The summed E-state index contributed by atoms with van der Waals surface area (Å²) in [5.41, 5.74) is 6.65. The molecule has 134 valence electrons. The van der Waals surface area contributed by atoms with Crippen molar-refractivity contribution in [1.82, 2.24) is 14.9 Å². The van der Waals surface area contributed by atoms with Crippen LogP contribution in [0.5, 0.6) is 0 Å². The van der Waals surface area contributed by atoms with Crippen molar-refractivity contribution in [2.45, 2.75) is 39.5 Å². The highest BCUT2D eigenvalue weighted by atomic mass is 16.2. The Morgan fingerprint density at radius 3 is 2.35 bits per heavy atom. The van der Waals surface area contributed by atoms with Gasteiger partial charge in [-0.2, -0.15) is 0 Å². The number of aryl methyl sites for hydroxylation is 3. The maximum absolute atomic E-state index is 13.1. The van der Waals surface area contributed by atoms with Gasteiger partial charge in [0.05, 0.1) is 0 Å². The summed E-state index contributed by atoms with van der Waals surface area (Å²) in [4.78, 5) is 22.7. The Bertz CT molecular complexity index is 950. The predicted molar refractivity (Wildman–Crippen MR) is 105 cm³/mol. The summed E-state index contributed by atoms with van der Waals surface area (Å²) in [5, 5.41) is 1.19. The molecule has 4 nitrogen and oxygen atoms in total. The second-order valence-electron chi connectivity index (χ2n) is 7.42. The summed E-state index contributed by atoms with van der Waals surface area (Å²) >= 11 is 0. The van der Waals surface area contributed by atoms with E-state index in [4.69, 9.17) is 0 Å². The fourth-order valence-electron chi connectivity index (χ4n) is 4.22. The molecule has 0 saturated carbocycles. The molecule has 1 aromatic carbocycles. The quantitative estimate of drug-likeness (QED) is 0.741. The molecule has 0 radical (unpaired) electrons. The highest BCUT2D eigenvalue weighted by Crippen LogP contribution is 2.31. The van der Waals surface area contributed by atoms with Gasteiger partial charge in [-0.25, -0.2) is 0 Å². The molecule has 0 spiro atoms. The molecule has 3 heterocycles.